The van der Waals surface area contributed by atoms with Gasteiger partial charge in [-0.3, -0.25) is 13.9 Å². The van der Waals surface area contributed by atoms with Crippen LogP contribution in [-0.2, 0) is 32.6 Å². The summed E-state index contributed by atoms with van der Waals surface area (Å²) in [5.74, 6) is -0.285. The van der Waals surface area contributed by atoms with Crippen molar-refractivity contribution in [2.45, 2.75) is 30.8 Å². The van der Waals surface area contributed by atoms with Crippen LogP contribution in [0.25, 0.3) is 0 Å². The molecule has 0 unspecified atom stereocenters. The molecule has 236 valence electrons. The summed E-state index contributed by atoms with van der Waals surface area (Å²) in [6, 6.07) is 28.6. The van der Waals surface area contributed by atoms with E-state index in [1.807, 2.05) is 61.5 Å². The van der Waals surface area contributed by atoms with Crippen molar-refractivity contribution >= 4 is 43.5 Å². The quantitative estimate of drug-likeness (QED) is 0.189. The van der Waals surface area contributed by atoms with E-state index in [0.717, 1.165) is 19.9 Å². The molecule has 45 heavy (non-hydrogen) atoms. The molecule has 0 fully saturated rings. The van der Waals surface area contributed by atoms with Gasteiger partial charge in [0.15, 0.2) is 11.5 Å². The predicted molar refractivity (Wildman–Crippen MR) is 178 cm³/mol. The number of methoxy groups -OCH3 is 2. The van der Waals surface area contributed by atoms with Crippen molar-refractivity contribution in [1.82, 2.24) is 10.2 Å². The minimum atomic E-state index is -4.29. The number of halogens is 1. The molecule has 1 N–H and O–H groups in total. The molecule has 2 amide bonds. The fourth-order valence-electron chi connectivity index (χ4n) is 4.91. The van der Waals surface area contributed by atoms with E-state index >= 15 is 0 Å². The average Bonchev–Trinajstić information content (AvgIpc) is 3.05. The summed E-state index contributed by atoms with van der Waals surface area (Å²) in [4.78, 5) is 29.4. The highest BCUT2D eigenvalue weighted by molar-refractivity contribution is 9.10. The van der Waals surface area contributed by atoms with E-state index < -0.39 is 28.5 Å². The van der Waals surface area contributed by atoms with Gasteiger partial charge < -0.3 is 19.7 Å². The third kappa shape index (κ3) is 8.43. The molecule has 0 saturated carbocycles. The van der Waals surface area contributed by atoms with Crippen molar-refractivity contribution in [3.8, 4) is 11.5 Å². The van der Waals surface area contributed by atoms with Crippen LogP contribution < -0.4 is 19.1 Å². The molecule has 0 radical (unpaired) electrons. The van der Waals surface area contributed by atoms with Crippen molar-refractivity contribution in [1.29, 1.82) is 0 Å². The molecule has 0 aliphatic heterocycles. The molecule has 0 aliphatic carbocycles. The summed E-state index contributed by atoms with van der Waals surface area (Å²) < 4.78 is 41.0. The van der Waals surface area contributed by atoms with Crippen LogP contribution in [0.1, 0.15) is 18.1 Å². The zero-order valence-corrected chi connectivity index (χ0v) is 27.8. The molecular weight excluding hydrogens is 658 g/mol. The zero-order valence-electron chi connectivity index (χ0n) is 25.4. The number of nitrogens with one attached hydrogen (secondary N) is 1. The van der Waals surface area contributed by atoms with E-state index in [1.165, 1.54) is 37.3 Å². The van der Waals surface area contributed by atoms with Gasteiger partial charge in [-0.15, -0.1) is 0 Å². The van der Waals surface area contributed by atoms with Gasteiger partial charge in [0.25, 0.3) is 10.0 Å². The van der Waals surface area contributed by atoms with Crippen LogP contribution in [0.2, 0.25) is 0 Å². The van der Waals surface area contributed by atoms with Gasteiger partial charge in [0, 0.05) is 30.0 Å². The van der Waals surface area contributed by atoms with Gasteiger partial charge in [-0.1, -0.05) is 76.6 Å². The number of hydrogen-bond acceptors (Lipinski definition) is 6. The summed E-state index contributed by atoms with van der Waals surface area (Å²) >= 11 is 3.49. The molecule has 4 rings (SSSR count). The molecule has 0 aromatic heterocycles. The van der Waals surface area contributed by atoms with Crippen LogP contribution in [-0.4, -0.2) is 58.5 Å². The topological polar surface area (TPSA) is 105 Å². The van der Waals surface area contributed by atoms with Gasteiger partial charge in [0.1, 0.15) is 12.6 Å². The maximum Gasteiger partial charge on any atom is 0.264 e. The van der Waals surface area contributed by atoms with Gasteiger partial charge in [0.2, 0.25) is 11.8 Å². The Hall–Kier alpha value is -4.35. The SMILES string of the molecule is CCNC(=O)[C@@H](Cc1ccccc1)N(Cc1cccc(Br)c1)C(=O)CN(c1ccccc1)S(=O)(=O)c1ccc(OC)c(OC)c1. The molecule has 0 saturated heterocycles. The normalized spacial score (nSPS) is 11.7. The molecule has 11 heteroatoms. The van der Waals surface area contributed by atoms with Gasteiger partial charge in [-0.25, -0.2) is 8.42 Å². The number of anilines is 1. The minimum Gasteiger partial charge on any atom is -0.493 e. The van der Waals surface area contributed by atoms with E-state index in [1.54, 1.807) is 30.3 Å². The second kappa shape index (κ2) is 15.6. The largest absolute Gasteiger partial charge is 0.493 e. The summed E-state index contributed by atoms with van der Waals surface area (Å²) in [7, 11) is -1.42. The predicted octanol–water partition coefficient (Wildman–Crippen LogP) is 5.44. The number of likely N-dealkylation sites (N-methyl/N-ethyl adjacent to an activating group) is 1. The van der Waals surface area contributed by atoms with Gasteiger partial charge >= 0.3 is 0 Å². The first-order valence-corrected chi connectivity index (χ1v) is 16.6. The molecular formula is C34H36BrN3O6S. The number of hydrogen-bond donors (Lipinski definition) is 1. The Morgan fingerprint density at radius 3 is 2.09 bits per heavy atom. The maximum absolute atomic E-state index is 14.4. The first-order valence-electron chi connectivity index (χ1n) is 14.3. The Kier molecular flexibility index (Phi) is 11.6. The molecule has 9 nitrogen and oxygen atoms in total. The number of amides is 2. The molecule has 0 aliphatic rings. The van der Waals surface area contributed by atoms with Gasteiger partial charge in [-0.05, 0) is 54.4 Å². The Bertz CT molecular complexity index is 1700. The van der Waals surface area contributed by atoms with Crippen molar-refractivity contribution in [3.05, 3.63) is 119 Å². The van der Waals surface area contributed by atoms with Crippen LogP contribution >= 0.6 is 15.9 Å². The van der Waals surface area contributed by atoms with E-state index in [-0.39, 0.29) is 29.5 Å². The summed E-state index contributed by atoms with van der Waals surface area (Å²) in [5, 5.41) is 2.86. The van der Waals surface area contributed by atoms with Crippen molar-refractivity contribution in [3.63, 3.8) is 0 Å². The summed E-state index contributed by atoms with van der Waals surface area (Å²) in [6.07, 6.45) is 0.236. The van der Waals surface area contributed by atoms with Gasteiger partial charge in [0.05, 0.1) is 24.8 Å². The molecule has 0 heterocycles. The van der Waals surface area contributed by atoms with Crippen molar-refractivity contribution in [2.75, 3.05) is 31.6 Å². The molecule has 4 aromatic carbocycles. The fourth-order valence-corrected chi connectivity index (χ4v) is 6.78. The van der Waals surface area contributed by atoms with Crippen LogP contribution in [0.5, 0.6) is 11.5 Å². The molecule has 0 bridgehead atoms. The summed E-state index contributed by atoms with van der Waals surface area (Å²) in [6.45, 7) is 1.70. The Morgan fingerprint density at radius 1 is 0.822 bits per heavy atom. The highest BCUT2D eigenvalue weighted by Crippen LogP contribution is 2.32. The first kappa shape index (κ1) is 33.5. The third-order valence-electron chi connectivity index (χ3n) is 7.13. The first-order chi connectivity index (χ1) is 21.7. The number of para-hydroxylation sites is 1. The number of sulfonamides is 1. The number of nitrogens with zero attached hydrogens (tertiary/aromatic N) is 2. The highest BCUT2D eigenvalue weighted by Gasteiger charge is 2.34. The van der Waals surface area contributed by atoms with E-state index in [0.29, 0.717) is 18.0 Å². The van der Waals surface area contributed by atoms with Gasteiger partial charge in [-0.2, -0.15) is 0 Å². The second-order valence-corrected chi connectivity index (χ2v) is 12.9. The molecule has 1 atom stereocenters. The van der Waals surface area contributed by atoms with Crippen LogP contribution in [0.3, 0.4) is 0 Å². The number of carbonyl (C=O) groups is 2. The van der Waals surface area contributed by atoms with E-state index in [9.17, 15) is 18.0 Å². The number of ether oxygens (including phenoxy) is 2. The Labute approximate surface area is 273 Å². The fraction of sp³-hybridized carbons (Fsp3) is 0.235. The smallest absolute Gasteiger partial charge is 0.264 e. The Balaban J connectivity index is 1.80. The second-order valence-electron chi connectivity index (χ2n) is 10.1. The van der Waals surface area contributed by atoms with Crippen LogP contribution in [0.4, 0.5) is 5.69 Å². The van der Waals surface area contributed by atoms with E-state index in [2.05, 4.69) is 21.2 Å². The average molecular weight is 695 g/mol. The van der Waals surface area contributed by atoms with Crippen LogP contribution in [0.15, 0.2) is 112 Å². The third-order valence-corrected chi connectivity index (χ3v) is 9.39. The number of rotatable bonds is 14. The zero-order chi connectivity index (χ0) is 32.4. The van der Waals surface area contributed by atoms with E-state index in [4.69, 9.17) is 9.47 Å². The standard InChI is InChI=1S/C34H36BrN3O6S/c1-4-36-34(40)30(21-25-12-7-5-8-13-25)37(23-26-14-11-15-27(35)20-26)33(39)24-38(28-16-9-6-10-17-28)45(41,42)29-18-19-31(43-2)32(22-29)44-3/h5-20,22,30H,4,21,23-24H2,1-3H3,(H,36,40)/t30-/m1/s1. The highest BCUT2D eigenvalue weighted by atomic mass is 79.9. The van der Waals surface area contributed by atoms with Crippen molar-refractivity contribution in [2.24, 2.45) is 0 Å². The monoisotopic (exact) mass is 693 g/mol. The number of carbonyl (C=O) groups excluding carboxylic acids is 2. The van der Waals surface area contributed by atoms with Crippen LogP contribution in [0, 0.1) is 0 Å². The lowest BCUT2D eigenvalue weighted by Gasteiger charge is -2.34. The van der Waals surface area contributed by atoms with Crippen molar-refractivity contribution < 1.29 is 27.5 Å². The molecule has 4 aromatic rings. The number of benzene rings is 4. The minimum absolute atomic E-state index is 0.0753. The lowest BCUT2D eigenvalue weighted by molar-refractivity contribution is -0.140. The lowest BCUT2D eigenvalue weighted by atomic mass is 10.0. The molecule has 0 spiro atoms. The Morgan fingerprint density at radius 2 is 1.47 bits per heavy atom. The maximum atomic E-state index is 14.4. The summed E-state index contributed by atoms with van der Waals surface area (Å²) in [5.41, 5.74) is 1.92. The lowest BCUT2D eigenvalue weighted by Crippen LogP contribution is -2.53.